The lowest BCUT2D eigenvalue weighted by Crippen LogP contribution is -2.50. The quantitative estimate of drug-likeness (QED) is 0.783. The zero-order valence-electron chi connectivity index (χ0n) is 8.91. The van der Waals surface area contributed by atoms with Crippen LogP contribution in [0.4, 0.5) is 5.69 Å². The van der Waals surface area contributed by atoms with Crippen molar-refractivity contribution in [3.8, 4) is 0 Å². The summed E-state index contributed by atoms with van der Waals surface area (Å²) in [6, 6.07) is 6.08. The zero-order valence-corrected chi connectivity index (χ0v) is 9.72. The van der Waals surface area contributed by atoms with Gasteiger partial charge in [-0.2, -0.15) is 0 Å². The van der Waals surface area contributed by atoms with Gasteiger partial charge in [-0.15, -0.1) is 0 Å². The molecule has 92 valence electrons. The van der Waals surface area contributed by atoms with E-state index in [2.05, 4.69) is 0 Å². The van der Waals surface area contributed by atoms with Crippen LogP contribution in [-0.4, -0.2) is 32.6 Å². The second-order valence-corrected chi connectivity index (χ2v) is 5.54. The van der Waals surface area contributed by atoms with E-state index in [9.17, 15) is 13.2 Å². The first-order valence-corrected chi connectivity index (χ1v) is 6.53. The summed E-state index contributed by atoms with van der Waals surface area (Å²) < 4.78 is 22.1. The Labute approximate surface area is 98.7 Å². The van der Waals surface area contributed by atoms with E-state index < -0.39 is 16.0 Å². The first-order chi connectivity index (χ1) is 7.88. The molecule has 17 heavy (non-hydrogen) atoms. The number of rotatable bonds is 3. The highest BCUT2D eigenvalue weighted by Crippen LogP contribution is 2.25. The maximum absolute atomic E-state index is 11.0. The molecule has 1 heterocycles. The number of aliphatic carboxylic acids is 1. The highest BCUT2D eigenvalue weighted by atomic mass is 32.2. The van der Waals surface area contributed by atoms with Crippen LogP contribution in [0.15, 0.2) is 29.2 Å². The zero-order chi connectivity index (χ0) is 12.6. The van der Waals surface area contributed by atoms with Gasteiger partial charge in [0.25, 0.3) is 0 Å². The standard InChI is InChI=1S/C10H12N2O4S/c11-17(15,16)9-3-1-8(2-4-9)12-5-7(6-12)10(13)14/h1-4,7H,5-6H2,(H,13,14)(H2,11,15,16). The first-order valence-electron chi connectivity index (χ1n) is 4.98. The number of carboxylic acids is 1. The molecule has 0 atom stereocenters. The summed E-state index contributed by atoms with van der Waals surface area (Å²) in [6.45, 7) is 0.897. The lowest BCUT2D eigenvalue weighted by atomic mass is 10.00. The Bertz CT molecular complexity index is 532. The van der Waals surface area contributed by atoms with E-state index in [1.165, 1.54) is 12.1 Å². The fourth-order valence-electron chi connectivity index (χ4n) is 1.69. The van der Waals surface area contributed by atoms with Crippen molar-refractivity contribution >= 4 is 21.7 Å². The monoisotopic (exact) mass is 256 g/mol. The van der Waals surface area contributed by atoms with Gasteiger partial charge in [0.2, 0.25) is 10.0 Å². The third kappa shape index (κ3) is 2.40. The van der Waals surface area contributed by atoms with Crippen LogP contribution in [0.25, 0.3) is 0 Å². The molecule has 0 bridgehead atoms. The summed E-state index contributed by atoms with van der Waals surface area (Å²) in [5, 5.41) is 13.7. The van der Waals surface area contributed by atoms with Crippen LogP contribution in [0.5, 0.6) is 0 Å². The SMILES string of the molecule is NS(=O)(=O)c1ccc(N2CC(C(=O)O)C2)cc1. The van der Waals surface area contributed by atoms with Crippen LogP contribution in [-0.2, 0) is 14.8 Å². The summed E-state index contributed by atoms with van der Waals surface area (Å²) >= 11 is 0. The van der Waals surface area contributed by atoms with Crippen LogP contribution < -0.4 is 10.0 Å². The summed E-state index contributed by atoms with van der Waals surface area (Å²) in [5.74, 6) is -1.14. The van der Waals surface area contributed by atoms with Crippen LogP contribution in [0.3, 0.4) is 0 Å². The molecule has 0 spiro atoms. The van der Waals surface area contributed by atoms with Crippen LogP contribution in [0.2, 0.25) is 0 Å². The number of primary sulfonamides is 1. The lowest BCUT2D eigenvalue weighted by Gasteiger charge is -2.38. The molecule has 1 saturated heterocycles. The third-order valence-corrected chi connectivity index (χ3v) is 3.69. The number of carboxylic acid groups (broad SMARTS) is 1. The highest BCUT2D eigenvalue weighted by Gasteiger charge is 2.32. The fraction of sp³-hybridized carbons (Fsp3) is 0.300. The molecule has 0 unspecified atom stereocenters. The van der Waals surface area contributed by atoms with Gasteiger partial charge < -0.3 is 10.0 Å². The van der Waals surface area contributed by atoms with Crippen LogP contribution >= 0.6 is 0 Å². The van der Waals surface area contributed by atoms with Crippen molar-refractivity contribution in [3.05, 3.63) is 24.3 Å². The molecule has 1 aliphatic rings. The average Bonchev–Trinajstić information content (AvgIpc) is 2.14. The fourth-order valence-corrected chi connectivity index (χ4v) is 2.21. The molecule has 2 rings (SSSR count). The summed E-state index contributed by atoms with van der Waals surface area (Å²) in [4.78, 5) is 12.5. The summed E-state index contributed by atoms with van der Waals surface area (Å²) in [6.07, 6.45) is 0. The van der Waals surface area contributed by atoms with Crippen molar-refractivity contribution in [2.24, 2.45) is 11.1 Å². The van der Waals surface area contributed by atoms with Gasteiger partial charge in [0.15, 0.2) is 0 Å². The Morgan fingerprint density at radius 2 is 1.82 bits per heavy atom. The molecule has 1 aromatic rings. The first kappa shape index (κ1) is 11.9. The minimum atomic E-state index is -3.67. The second-order valence-electron chi connectivity index (χ2n) is 3.98. The van der Waals surface area contributed by atoms with Gasteiger partial charge in [0.05, 0.1) is 10.8 Å². The third-order valence-electron chi connectivity index (χ3n) is 2.76. The smallest absolute Gasteiger partial charge is 0.310 e. The number of nitrogens with two attached hydrogens (primary N) is 1. The number of benzene rings is 1. The molecular formula is C10H12N2O4S. The second kappa shape index (κ2) is 4.01. The number of nitrogens with zero attached hydrogens (tertiary/aromatic N) is 1. The Hall–Kier alpha value is -1.60. The number of hydrogen-bond acceptors (Lipinski definition) is 4. The predicted molar refractivity (Wildman–Crippen MR) is 61.2 cm³/mol. The highest BCUT2D eigenvalue weighted by molar-refractivity contribution is 7.89. The molecule has 0 aliphatic carbocycles. The van der Waals surface area contributed by atoms with Crippen molar-refractivity contribution in [2.45, 2.75) is 4.90 Å². The van der Waals surface area contributed by atoms with Crippen molar-refractivity contribution < 1.29 is 18.3 Å². The molecule has 1 fully saturated rings. The van der Waals surface area contributed by atoms with Crippen LogP contribution in [0, 0.1) is 5.92 Å². The van der Waals surface area contributed by atoms with Crippen molar-refractivity contribution in [1.82, 2.24) is 0 Å². The van der Waals surface area contributed by atoms with E-state index in [0.29, 0.717) is 13.1 Å². The molecule has 3 N–H and O–H groups in total. The van der Waals surface area contributed by atoms with Crippen LogP contribution in [0.1, 0.15) is 0 Å². The largest absolute Gasteiger partial charge is 0.481 e. The molecule has 6 nitrogen and oxygen atoms in total. The maximum atomic E-state index is 11.0. The maximum Gasteiger partial charge on any atom is 0.310 e. The Kier molecular flexibility index (Phi) is 2.80. The molecule has 0 aromatic heterocycles. The molecule has 1 aromatic carbocycles. The Morgan fingerprint density at radius 3 is 2.24 bits per heavy atom. The van der Waals surface area contributed by atoms with Gasteiger partial charge in [-0.05, 0) is 24.3 Å². The topological polar surface area (TPSA) is 101 Å². The van der Waals surface area contributed by atoms with Gasteiger partial charge in [-0.3, -0.25) is 4.79 Å². The molecular weight excluding hydrogens is 244 g/mol. The number of hydrogen-bond donors (Lipinski definition) is 2. The minimum absolute atomic E-state index is 0.0524. The lowest BCUT2D eigenvalue weighted by molar-refractivity contribution is -0.142. The minimum Gasteiger partial charge on any atom is -0.481 e. The summed E-state index contributed by atoms with van der Waals surface area (Å²) in [5.41, 5.74) is 0.801. The van der Waals surface area contributed by atoms with Gasteiger partial charge in [-0.25, -0.2) is 13.6 Å². The molecule has 0 saturated carbocycles. The van der Waals surface area contributed by atoms with Gasteiger partial charge in [-0.1, -0.05) is 0 Å². The van der Waals surface area contributed by atoms with Crippen molar-refractivity contribution in [2.75, 3.05) is 18.0 Å². The average molecular weight is 256 g/mol. The Balaban J connectivity index is 2.08. The molecule has 0 radical (unpaired) electrons. The normalized spacial score (nSPS) is 16.6. The van der Waals surface area contributed by atoms with Gasteiger partial charge >= 0.3 is 5.97 Å². The van der Waals surface area contributed by atoms with Crippen molar-refractivity contribution in [3.63, 3.8) is 0 Å². The van der Waals surface area contributed by atoms with E-state index in [1.54, 1.807) is 12.1 Å². The van der Waals surface area contributed by atoms with Crippen molar-refractivity contribution in [1.29, 1.82) is 0 Å². The van der Waals surface area contributed by atoms with E-state index in [-0.39, 0.29) is 10.8 Å². The molecule has 7 heteroatoms. The van der Waals surface area contributed by atoms with Gasteiger partial charge in [0.1, 0.15) is 0 Å². The van der Waals surface area contributed by atoms with E-state index in [4.69, 9.17) is 10.2 Å². The van der Waals surface area contributed by atoms with E-state index in [1.807, 2.05) is 4.90 Å². The summed E-state index contributed by atoms with van der Waals surface area (Å²) in [7, 11) is -3.67. The number of anilines is 1. The van der Waals surface area contributed by atoms with E-state index in [0.717, 1.165) is 5.69 Å². The molecule has 1 aliphatic heterocycles. The molecule has 0 amide bonds. The number of carbonyl (C=O) groups is 1. The number of sulfonamides is 1. The van der Waals surface area contributed by atoms with E-state index >= 15 is 0 Å². The van der Waals surface area contributed by atoms with Gasteiger partial charge in [0, 0.05) is 18.8 Å². The predicted octanol–water partition coefficient (Wildman–Crippen LogP) is -0.145. The Morgan fingerprint density at radius 1 is 1.29 bits per heavy atom.